The molecule has 0 saturated carbocycles. The van der Waals surface area contributed by atoms with E-state index in [1.165, 1.54) is 23.5 Å². The Morgan fingerprint density at radius 2 is 1.84 bits per heavy atom. The van der Waals surface area contributed by atoms with E-state index in [1.54, 1.807) is 18.2 Å². The van der Waals surface area contributed by atoms with Crippen LogP contribution in [0, 0.1) is 0 Å². The number of hydrogen-bond acceptors (Lipinski definition) is 5. The molecule has 1 aliphatic rings. The molecule has 1 aliphatic heterocycles. The van der Waals surface area contributed by atoms with E-state index in [1.807, 2.05) is 6.92 Å². The van der Waals surface area contributed by atoms with Crippen molar-refractivity contribution >= 4 is 44.8 Å². The van der Waals surface area contributed by atoms with Crippen molar-refractivity contribution in [1.82, 2.24) is 9.62 Å². The van der Waals surface area contributed by atoms with Crippen molar-refractivity contribution in [2.45, 2.75) is 17.6 Å². The fourth-order valence-corrected chi connectivity index (χ4v) is 5.05. The van der Waals surface area contributed by atoms with Crippen LogP contribution in [0.25, 0.3) is 0 Å². The number of rotatable bonds is 6. The normalized spacial score (nSPS) is 14.2. The van der Waals surface area contributed by atoms with E-state index in [0.717, 1.165) is 16.2 Å². The van der Waals surface area contributed by atoms with Gasteiger partial charge in [0.15, 0.2) is 0 Å². The molecule has 0 spiro atoms. The molecule has 1 aromatic heterocycles. The second-order valence-electron chi connectivity index (χ2n) is 5.42. The number of imide groups is 1. The van der Waals surface area contributed by atoms with E-state index < -0.39 is 21.8 Å². The third-order valence-electron chi connectivity index (χ3n) is 3.81. The lowest BCUT2D eigenvalue weighted by atomic mass is 10.1. The third-order valence-corrected chi connectivity index (χ3v) is 7.23. The summed E-state index contributed by atoms with van der Waals surface area (Å²) in [6, 6.07) is 7.81. The van der Waals surface area contributed by atoms with Crippen LogP contribution in [0.4, 0.5) is 0 Å². The predicted octanol–water partition coefficient (Wildman–Crippen LogP) is 2.54. The zero-order valence-corrected chi connectivity index (χ0v) is 15.7. The van der Waals surface area contributed by atoms with Crippen LogP contribution >= 0.6 is 22.9 Å². The molecule has 2 aromatic rings. The van der Waals surface area contributed by atoms with E-state index in [9.17, 15) is 18.0 Å². The number of halogens is 1. The standard InChI is InChI=1S/C16H15ClN2O4S2/c1-2-11-4-6-14(24-11)25(22,23)18-7-8-19-15(20)12-5-3-10(17)9-13(12)16(19)21/h3-6,9,18H,2,7-8H2,1H3. The van der Waals surface area contributed by atoms with E-state index >= 15 is 0 Å². The second-order valence-corrected chi connectivity index (χ2v) is 9.02. The summed E-state index contributed by atoms with van der Waals surface area (Å²) in [5.41, 5.74) is 0.523. The first-order valence-corrected chi connectivity index (χ1v) is 10.3. The highest BCUT2D eigenvalue weighted by Crippen LogP contribution is 2.26. The number of thiophene rings is 1. The lowest BCUT2D eigenvalue weighted by Crippen LogP contribution is -2.37. The van der Waals surface area contributed by atoms with Crippen LogP contribution in [0.3, 0.4) is 0 Å². The minimum atomic E-state index is -3.65. The first-order valence-electron chi connectivity index (χ1n) is 7.57. The number of carbonyl (C=O) groups excluding carboxylic acids is 2. The number of benzene rings is 1. The Hall–Kier alpha value is -1.74. The molecule has 0 unspecified atom stereocenters. The van der Waals surface area contributed by atoms with Gasteiger partial charge in [-0.05, 0) is 36.8 Å². The average Bonchev–Trinajstić information content (AvgIpc) is 3.15. The Kier molecular flexibility index (Phi) is 4.97. The molecular formula is C16H15ClN2O4S2. The summed E-state index contributed by atoms with van der Waals surface area (Å²) < 4.78 is 27.2. The lowest BCUT2D eigenvalue weighted by Gasteiger charge is -2.14. The van der Waals surface area contributed by atoms with Gasteiger partial charge in [-0.1, -0.05) is 18.5 Å². The fourth-order valence-electron chi connectivity index (χ4n) is 2.52. The number of nitrogens with zero attached hydrogens (tertiary/aromatic N) is 1. The molecule has 1 N–H and O–H groups in total. The molecule has 132 valence electrons. The number of carbonyl (C=O) groups is 2. The van der Waals surface area contributed by atoms with Gasteiger partial charge >= 0.3 is 0 Å². The zero-order valence-electron chi connectivity index (χ0n) is 13.3. The molecule has 2 heterocycles. The average molecular weight is 399 g/mol. The Labute approximate surface area is 154 Å². The molecule has 0 bridgehead atoms. The van der Waals surface area contributed by atoms with Crippen LogP contribution < -0.4 is 4.72 Å². The quantitative estimate of drug-likeness (QED) is 0.758. The second kappa shape index (κ2) is 6.87. The Morgan fingerprint density at radius 1 is 1.12 bits per heavy atom. The van der Waals surface area contributed by atoms with Crippen LogP contribution in [-0.2, 0) is 16.4 Å². The van der Waals surface area contributed by atoms with Crippen LogP contribution in [0.5, 0.6) is 0 Å². The number of aryl methyl sites for hydroxylation is 1. The minimum absolute atomic E-state index is 0.0464. The fraction of sp³-hybridized carbons (Fsp3) is 0.250. The molecule has 2 amide bonds. The number of sulfonamides is 1. The molecule has 0 saturated heterocycles. The molecule has 0 fully saturated rings. The highest BCUT2D eigenvalue weighted by atomic mass is 35.5. The van der Waals surface area contributed by atoms with Gasteiger partial charge in [0.1, 0.15) is 4.21 Å². The first kappa shape index (κ1) is 18.1. The van der Waals surface area contributed by atoms with E-state index in [2.05, 4.69) is 4.72 Å². The van der Waals surface area contributed by atoms with E-state index in [4.69, 9.17) is 11.6 Å². The summed E-state index contributed by atoms with van der Waals surface area (Å²) in [6.07, 6.45) is 0.762. The number of fused-ring (bicyclic) bond motifs is 1. The molecule has 3 rings (SSSR count). The summed E-state index contributed by atoms with van der Waals surface area (Å²) in [7, 11) is -3.65. The minimum Gasteiger partial charge on any atom is -0.273 e. The van der Waals surface area contributed by atoms with Gasteiger partial charge in [-0.25, -0.2) is 13.1 Å². The van der Waals surface area contributed by atoms with Crippen molar-refractivity contribution in [2.75, 3.05) is 13.1 Å². The summed E-state index contributed by atoms with van der Waals surface area (Å²) in [6.45, 7) is 1.85. The number of amides is 2. The van der Waals surface area contributed by atoms with Crippen molar-refractivity contribution in [2.24, 2.45) is 0 Å². The molecule has 9 heteroatoms. The lowest BCUT2D eigenvalue weighted by molar-refractivity contribution is 0.0657. The topological polar surface area (TPSA) is 83.6 Å². The summed E-state index contributed by atoms with van der Waals surface area (Å²) in [5.74, 6) is -0.911. The Bertz CT molecular complexity index is 953. The number of nitrogens with one attached hydrogen (secondary N) is 1. The largest absolute Gasteiger partial charge is 0.273 e. The first-order chi connectivity index (χ1) is 11.8. The Morgan fingerprint density at radius 3 is 2.52 bits per heavy atom. The van der Waals surface area contributed by atoms with Gasteiger partial charge in [-0.2, -0.15) is 0 Å². The predicted molar refractivity (Wildman–Crippen MR) is 95.7 cm³/mol. The molecule has 1 aromatic carbocycles. The van der Waals surface area contributed by atoms with Crippen LogP contribution in [0.2, 0.25) is 5.02 Å². The third kappa shape index (κ3) is 3.48. The maximum Gasteiger partial charge on any atom is 0.261 e. The Balaban J connectivity index is 1.66. The number of hydrogen-bond donors (Lipinski definition) is 1. The van der Waals surface area contributed by atoms with Gasteiger partial charge in [-0.3, -0.25) is 14.5 Å². The van der Waals surface area contributed by atoms with Gasteiger partial charge in [0.25, 0.3) is 11.8 Å². The van der Waals surface area contributed by atoms with Crippen molar-refractivity contribution in [3.05, 3.63) is 51.4 Å². The van der Waals surface area contributed by atoms with Crippen molar-refractivity contribution < 1.29 is 18.0 Å². The van der Waals surface area contributed by atoms with Crippen LogP contribution in [0.15, 0.2) is 34.5 Å². The van der Waals surface area contributed by atoms with Crippen molar-refractivity contribution in [3.63, 3.8) is 0 Å². The van der Waals surface area contributed by atoms with Crippen LogP contribution in [-0.4, -0.2) is 38.2 Å². The van der Waals surface area contributed by atoms with Crippen molar-refractivity contribution in [1.29, 1.82) is 0 Å². The van der Waals surface area contributed by atoms with Gasteiger partial charge in [0.05, 0.1) is 11.1 Å². The molecule has 0 radical (unpaired) electrons. The maximum atomic E-state index is 12.3. The molecule has 25 heavy (non-hydrogen) atoms. The van der Waals surface area contributed by atoms with Crippen LogP contribution in [0.1, 0.15) is 32.5 Å². The SMILES string of the molecule is CCc1ccc(S(=O)(=O)NCCN2C(=O)c3ccc(Cl)cc3C2=O)s1. The molecule has 6 nitrogen and oxygen atoms in total. The van der Waals surface area contributed by atoms with Gasteiger partial charge < -0.3 is 0 Å². The van der Waals surface area contributed by atoms with Crippen molar-refractivity contribution in [3.8, 4) is 0 Å². The van der Waals surface area contributed by atoms with Gasteiger partial charge in [0, 0.05) is 23.0 Å². The highest BCUT2D eigenvalue weighted by molar-refractivity contribution is 7.91. The van der Waals surface area contributed by atoms with Gasteiger partial charge in [-0.15, -0.1) is 11.3 Å². The zero-order chi connectivity index (χ0) is 18.2. The maximum absolute atomic E-state index is 12.3. The summed E-state index contributed by atoms with van der Waals surface area (Å²) in [5, 5.41) is 0.367. The summed E-state index contributed by atoms with van der Waals surface area (Å²) >= 11 is 7.06. The van der Waals surface area contributed by atoms with E-state index in [0.29, 0.717) is 5.02 Å². The summed E-state index contributed by atoms with van der Waals surface area (Å²) in [4.78, 5) is 26.6. The monoisotopic (exact) mass is 398 g/mol. The molecular weight excluding hydrogens is 384 g/mol. The van der Waals surface area contributed by atoms with E-state index in [-0.39, 0.29) is 28.4 Å². The molecule has 0 aliphatic carbocycles. The molecule has 0 atom stereocenters. The highest BCUT2D eigenvalue weighted by Gasteiger charge is 2.35. The smallest absolute Gasteiger partial charge is 0.261 e. The van der Waals surface area contributed by atoms with Gasteiger partial charge in [0.2, 0.25) is 10.0 Å².